The molecule has 35 heavy (non-hydrogen) atoms. The van der Waals surface area contributed by atoms with Gasteiger partial charge in [0.15, 0.2) is 11.4 Å². The van der Waals surface area contributed by atoms with E-state index in [1.807, 2.05) is 36.1 Å². The van der Waals surface area contributed by atoms with Crippen LogP contribution in [0, 0.1) is 0 Å². The van der Waals surface area contributed by atoms with E-state index in [9.17, 15) is 4.79 Å². The van der Waals surface area contributed by atoms with Gasteiger partial charge in [-0.1, -0.05) is 79.7 Å². The lowest BCUT2D eigenvalue weighted by Gasteiger charge is -2.27. The third-order valence-electron chi connectivity index (χ3n) is 6.18. The highest BCUT2D eigenvalue weighted by atomic mass is 16.4. The van der Waals surface area contributed by atoms with Crippen LogP contribution in [-0.2, 0) is 4.79 Å². The van der Waals surface area contributed by atoms with Crippen LogP contribution in [0.15, 0.2) is 106 Å². The monoisotopic (exact) mass is 465 g/mol. The van der Waals surface area contributed by atoms with Gasteiger partial charge in [0.2, 0.25) is 0 Å². The molecule has 0 amide bonds. The van der Waals surface area contributed by atoms with Gasteiger partial charge in [0.05, 0.1) is 12.2 Å². The van der Waals surface area contributed by atoms with Crippen molar-refractivity contribution in [3.63, 3.8) is 0 Å². The summed E-state index contributed by atoms with van der Waals surface area (Å²) in [5.74, 6) is 0.536. The Morgan fingerprint density at radius 2 is 1.57 bits per heavy atom. The second-order valence-electron chi connectivity index (χ2n) is 8.55. The molecule has 0 fully saturated rings. The summed E-state index contributed by atoms with van der Waals surface area (Å²) < 4.78 is 5.77. The van der Waals surface area contributed by atoms with Gasteiger partial charge in [-0.2, -0.15) is 4.98 Å². The van der Waals surface area contributed by atoms with Gasteiger partial charge >= 0.3 is 0 Å². The summed E-state index contributed by atoms with van der Waals surface area (Å²) in [5.41, 5.74) is 5.95. The fraction of sp³-hybridized carbons (Fsp3) is 0.233. The topological polar surface area (TPSA) is 58.7 Å². The number of aliphatic imine (C=N–C) groups is 1. The van der Waals surface area contributed by atoms with E-state index >= 15 is 0 Å². The summed E-state index contributed by atoms with van der Waals surface area (Å²) in [7, 11) is 0. The van der Waals surface area contributed by atoms with E-state index in [0.717, 1.165) is 35.3 Å². The van der Waals surface area contributed by atoms with Crippen molar-refractivity contribution >= 4 is 29.1 Å². The molecule has 1 aromatic heterocycles. The fourth-order valence-corrected chi connectivity index (χ4v) is 4.20. The van der Waals surface area contributed by atoms with Crippen LogP contribution in [0.5, 0.6) is 0 Å². The Bertz CT molecular complexity index is 1250. The van der Waals surface area contributed by atoms with Crippen LogP contribution in [0.1, 0.15) is 44.2 Å². The molecule has 5 nitrogen and oxygen atoms in total. The lowest BCUT2D eigenvalue weighted by Crippen LogP contribution is -2.33. The van der Waals surface area contributed by atoms with Crippen molar-refractivity contribution in [2.45, 2.75) is 33.1 Å². The van der Waals surface area contributed by atoms with E-state index < -0.39 is 0 Å². The Balaban J connectivity index is 0.000000179. The molecule has 0 N–H and O–H groups in total. The van der Waals surface area contributed by atoms with Crippen molar-refractivity contribution < 1.29 is 9.21 Å². The quantitative estimate of drug-likeness (QED) is 0.304. The van der Waals surface area contributed by atoms with Gasteiger partial charge in [-0.25, -0.2) is 0 Å². The number of para-hydroxylation sites is 2. The van der Waals surface area contributed by atoms with Gasteiger partial charge in [-0.3, -0.25) is 9.79 Å². The van der Waals surface area contributed by atoms with E-state index in [2.05, 4.69) is 77.6 Å². The van der Waals surface area contributed by atoms with Gasteiger partial charge < -0.3 is 9.32 Å². The average molecular weight is 466 g/mol. The molecule has 0 bridgehead atoms. The largest absolute Gasteiger partial charge is 0.423 e. The maximum atomic E-state index is 11.8. The summed E-state index contributed by atoms with van der Waals surface area (Å²) in [6, 6.07) is 29.4. The molecule has 0 spiro atoms. The minimum Gasteiger partial charge on any atom is -0.423 e. The first kappa shape index (κ1) is 24.1. The Morgan fingerprint density at radius 1 is 0.971 bits per heavy atom. The average Bonchev–Trinajstić information content (AvgIpc) is 3.34. The molecule has 3 aromatic carbocycles. The van der Waals surface area contributed by atoms with Crippen molar-refractivity contribution in [3.05, 3.63) is 107 Å². The van der Waals surface area contributed by atoms with E-state index in [4.69, 9.17) is 4.42 Å². The number of benzene rings is 3. The molecule has 1 aliphatic rings. The highest BCUT2D eigenvalue weighted by Crippen LogP contribution is 2.27. The molecule has 4 aromatic rings. The van der Waals surface area contributed by atoms with Gasteiger partial charge in [0.1, 0.15) is 5.52 Å². The Morgan fingerprint density at radius 3 is 2.14 bits per heavy atom. The zero-order valence-corrected chi connectivity index (χ0v) is 20.5. The number of rotatable bonds is 5. The van der Waals surface area contributed by atoms with Crippen molar-refractivity contribution in [2.24, 2.45) is 4.99 Å². The molecule has 1 aliphatic heterocycles. The van der Waals surface area contributed by atoms with E-state index in [-0.39, 0.29) is 5.78 Å². The van der Waals surface area contributed by atoms with Crippen LogP contribution in [0.3, 0.4) is 0 Å². The molecule has 0 atom stereocenters. The number of anilines is 1. The number of hydrogen-bond donors (Lipinski definition) is 0. The molecule has 0 unspecified atom stereocenters. The van der Waals surface area contributed by atoms with Crippen LogP contribution < -0.4 is 4.90 Å². The van der Waals surface area contributed by atoms with Crippen LogP contribution in [0.2, 0.25) is 0 Å². The normalized spacial score (nSPS) is 13.9. The Kier molecular flexibility index (Phi) is 7.88. The number of oxazole rings is 1. The minimum absolute atomic E-state index is 0.0522. The van der Waals surface area contributed by atoms with Gasteiger partial charge in [0.25, 0.3) is 6.01 Å². The second-order valence-corrected chi connectivity index (χ2v) is 8.55. The second kappa shape index (κ2) is 11.4. The predicted octanol–water partition coefficient (Wildman–Crippen LogP) is 6.81. The number of fused-ring (bicyclic) bond motifs is 1. The van der Waals surface area contributed by atoms with E-state index in [0.29, 0.717) is 18.5 Å². The first-order chi connectivity index (χ1) is 17.1. The Labute approximate surface area is 206 Å². The molecule has 0 saturated heterocycles. The zero-order valence-electron chi connectivity index (χ0n) is 20.5. The zero-order chi connectivity index (χ0) is 24.6. The number of Topliss-reactive ketones (excluding diaryl/α,β-unsaturated/α-hetero) is 1. The van der Waals surface area contributed by atoms with Crippen molar-refractivity contribution in [1.82, 2.24) is 4.98 Å². The minimum atomic E-state index is 0.0522. The third kappa shape index (κ3) is 5.93. The van der Waals surface area contributed by atoms with Crippen molar-refractivity contribution in [1.29, 1.82) is 0 Å². The summed E-state index contributed by atoms with van der Waals surface area (Å²) >= 11 is 0. The molecule has 0 radical (unpaired) electrons. The van der Waals surface area contributed by atoms with E-state index in [1.54, 1.807) is 13.1 Å². The van der Waals surface area contributed by atoms with Crippen LogP contribution >= 0.6 is 0 Å². The molecule has 5 heteroatoms. The first-order valence-corrected chi connectivity index (χ1v) is 12.0. The van der Waals surface area contributed by atoms with Crippen molar-refractivity contribution in [2.75, 3.05) is 18.0 Å². The lowest BCUT2D eigenvalue weighted by atomic mass is 9.93. The SMILES string of the molecule is CC(c1ccccc1)c1ccccc1.CC=NC1=C(C(C)=O)CN(c2nc3ccccc3o2)CC1. The molecule has 0 saturated carbocycles. The third-order valence-corrected chi connectivity index (χ3v) is 6.18. The standard InChI is InChI=1S/C16H17N3O2.C14H14/c1-3-17-13-8-9-19(10-12(13)11(2)20)16-18-14-6-4-5-7-15(14)21-16;1-12(13-8-4-2-5-9-13)14-10-6-3-7-11-14/h3-7H,8-10H2,1-2H3;2-12H,1H3. The molecular formula is C30H31N3O2. The number of carbonyl (C=O) groups excluding carboxylic acids is 1. The molecular weight excluding hydrogens is 434 g/mol. The lowest BCUT2D eigenvalue weighted by molar-refractivity contribution is -0.113. The molecule has 0 aliphatic carbocycles. The summed E-state index contributed by atoms with van der Waals surface area (Å²) in [4.78, 5) is 22.6. The number of nitrogens with zero attached hydrogens (tertiary/aromatic N) is 3. The summed E-state index contributed by atoms with van der Waals surface area (Å²) in [6.45, 7) is 6.92. The predicted molar refractivity (Wildman–Crippen MR) is 143 cm³/mol. The van der Waals surface area contributed by atoms with Crippen LogP contribution in [0.25, 0.3) is 11.1 Å². The van der Waals surface area contributed by atoms with Gasteiger partial charge in [0, 0.05) is 30.7 Å². The highest BCUT2D eigenvalue weighted by molar-refractivity contribution is 5.95. The van der Waals surface area contributed by atoms with Crippen LogP contribution in [-0.4, -0.2) is 30.1 Å². The molecule has 5 rings (SSSR count). The van der Waals surface area contributed by atoms with Gasteiger partial charge in [-0.15, -0.1) is 0 Å². The number of ketones is 1. The molecule has 2 heterocycles. The first-order valence-electron chi connectivity index (χ1n) is 12.0. The number of hydrogen-bond acceptors (Lipinski definition) is 5. The maximum absolute atomic E-state index is 11.8. The van der Waals surface area contributed by atoms with E-state index in [1.165, 1.54) is 11.1 Å². The summed E-state index contributed by atoms with van der Waals surface area (Å²) in [5, 5.41) is 0. The number of aromatic nitrogens is 1. The molecule has 178 valence electrons. The highest BCUT2D eigenvalue weighted by Gasteiger charge is 2.24. The maximum Gasteiger partial charge on any atom is 0.298 e. The Hall–Kier alpha value is -3.99. The smallest absolute Gasteiger partial charge is 0.298 e. The number of carbonyl (C=O) groups is 1. The van der Waals surface area contributed by atoms with Crippen molar-refractivity contribution in [3.8, 4) is 0 Å². The summed E-state index contributed by atoms with van der Waals surface area (Å²) in [6.07, 6.45) is 2.45. The fourth-order valence-electron chi connectivity index (χ4n) is 4.20. The van der Waals surface area contributed by atoms with Gasteiger partial charge in [-0.05, 0) is 37.1 Å². The van der Waals surface area contributed by atoms with Crippen LogP contribution in [0.4, 0.5) is 6.01 Å².